The summed E-state index contributed by atoms with van der Waals surface area (Å²) in [6.45, 7) is 11.4. The summed E-state index contributed by atoms with van der Waals surface area (Å²) in [6.07, 6.45) is 4.04. The fraction of sp³-hybridized carbons (Fsp3) is 0.273. The number of likely N-dealkylation sites (N-methyl/N-ethyl adjacent to an activating group) is 1. The molecule has 2 aliphatic heterocycles. The van der Waals surface area contributed by atoms with Gasteiger partial charge >= 0.3 is 0 Å². The molecule has 3 heterocycles. The number of amides is 2. The predicted octanol–water partition coefficient (Wildman–Crippen LogP) is 6.17. The first-order valence-corrected chi connectivity index (χ1v) is 14.9. The number of nitrogens with one attached hydrogen (secondary N) is 3. The average Bonchev–Trinajstić information content (AvgIpc) is 3.58. The lowest BCUT2D eigenvalue weighted by Crippen LogP contribution is -2.35. The highest BCUT2D eigenvalue weighted by Crippen LogP contribution is 2.42. The number of hydrogen-bond acceptors (Lipinski definition) is 5. The van der Waals surface area contributed by atoms with E-state index in [4.69, 9.17) is 0 Å². The van der Waals surface area contributed by atoms with Gasteiger partial charge in [-0.3, -0.25) is 9.59 Å². The van der Waals surface area contributed by atoms with Gasteiger partial charge in [0.15, 0.2) is 0 Å². The number of aromatic nitrogens is 1. The van der Waals surface area contributed by atoms with Crippen molar-refractivity contribution in [1.29, 1.82) is 0 Å². The van der Waals surface area contributed by atoms with Gasteiger partial charge in [0.05, 0.1) is 21.9 Å². The van der Waals surface area contributed by atoms with E-state index in [1.807, 2.05) is 50.3 Å². The topological polar surface area (TPSA) is 80.5 Å². The van der Waals surface area contributed by atoms with Crippen molar-refractivity contribution in [2.24, 2.45) is 0 Å². The number of hydrogen-bond donors (Lipinski definition) is 3. The minimum absolute atomic E-state index is 0.0975. The van der Waals surface area contributed by atoms with Crippen LogP contribution in [0.3, 0.4) is 0 Å². The molecule has 0 fully saturated rings. The number of H-pyrrole nitrogens is 1. The molecule has 5 rings (SSSR count). The summed E-state index contributed by atoms with van der Waals surface area (Å²) in [7, 11) is 2.06. The summed E-state index contributed by atoms with van der Waals surface area (Å²) in [4.78, 5) is 33.9. The molecule has 3 aromatic rings. The maximum Gasteiger partial charge on any atom is 0.256 e. The molecule has 0 aliphatic carbocycles. The van der Waals surface area contributed by atoms with E-state index in [1.165, 1.54) is 0 Å². The van der Waals surface area contributed by atoms with Crippen LogP contribution in [0.1, 0.15) is 57.8 Å². The third kappa shape index (κ3) is 5.89. The van der Waals surface area contributed by atoms with Crippen molar-refractivity contribution in [1.82, 2.24) is 20.1 Å². The highest BCUT2D eigenvalue weighted by atomic mass is 32.2. The summed E-state index contributed by atoms with van der Waals surface area (Å²) in [5.41, 5.74) is 8.50. The molecule has 212 valence electrons. The number of anilines is 1. The molecule has 0 radical (unpaired) electrons. The molecule has 3 N–H and O–H groups in total. The van der Waals surface area contributed by atoms with Gasteiger partial charge in [0.25, 0.3) is 11.8 Å². The summed E-state index contributed by atoms with van der Waals surface area (Å²) >= 11 is 1.69. The first-order chi connectivity index (χ1) is 19.8. The zero-order valence-electron chi connectivity index (χ0n) is 24.3. The summed E-state index contributed by atoms with van der Waals surface area (Å²) in [5, 5.41) is 9.33. The number of benzene rings is 2. The Hall–Kier alpha value is -4.01. The van der Waals surface area contributed by atoms with Crippen molar-refractivity contribution in [2.45, 2.75) is 27.7 Å². The van der Waals surface area contributed by atoms with Gasteiger partial charge in [0.2, 0.25) is 0 Å². The number of fused-ring (bicyclic) bond motifs is 1. The fourth-order valence-corrected chi connectivity index (χ4v) is 6.31. The average molecular weight is 568 g/mol. The zero-order valence-corrected chi connectivity index (χ0v) is 25.1. The predicted molar refractivity (Wildman–Crippen MR) is 171 cm³/mol. The Morgan fingerprint density at radius 1 is 1.07 bits per heavy atom. The minimum atomic E-state index is -0.151. The van der Waals surface area contributed by atoms with Gasteiger partial charge in [-0.1, -0.05) is 62.0 Å². The van der Waals surface area contributed by atoms with E-state index in [1.54, 1.807) is 11.8 Å². The molecular formula is C33H37N5O2S. The van der Waals surface area contributed by atoms with Crippen LogP contribution in [0.5, 0.6) is 0 Å². The zero-order chi connectivity index (χ0) is 29.1. The Labute approximate surface area is 246 Å². The largest absolute Gasteiger partial charge is 0.358 e. The number of carbonyl (C=O) groups is 2. The number of nitrogens with zero attached hydrogens (tertiary/aromatic N) is 2. The number of rotatable bonds is 9. The molecule has 8 heteroatoms. The van der Waals surface area contributed by atoms with Crippen LogP contribution >= 0.6 is 11.8 Å². The second-order valence-corrected chi connectivity index (χ2v) is 11.2. The number of aryl methyl sites for hydroxylation is 1. The van der Waals surface area contributed by atoms with Crippen molar-refractivity contribution in [3.05, 3.63) is 98.2 Å². The van der Waals surface area contributed by atoms with Crippen LogP contribution in [0.2, 0.25) is 0 Å². The Morgan fingerprint density at radius 3 is 2.56 bits per heavy atom. The third-order valence-electron chi connectivity index (χ3n) is 7.77. The quantitative estimate of drug-likeness (QED) is 0.270. The van der Waals surface area contributed by atoms with Crippen LogP contribution in [0.4, 0.5) is 5.69 Å². The van der Waals surface area contributed by atoms with E-state index in [2.05, 4.69) is 76.0 Å². The Kier molecular flexibility index (Phi) is 8.52. The maximum atomic E-state index is 13.1. The lowest BCUT2D eigenvalue weighted by atomic mass is 10.0. The van der Waals surface area contributed by atoms with Crippen LogP contribution in [0.25, 0.3) is 23.4 Å². The Balaban J connectivity index is 1.38. The molecule has 0 saturated heterocycles. The molecule has 0 bridgehead atoms. The van der Waals surface area contributed by atoms with Gasteiger partial charge in [0.1, 0.15) is 0 Å². The minimum Gasteiger partial charge on any atom is -0.358 e. The Morgan fingerprint density at radius 2 is 1.83 bits per heavy atom. The number of aromatic amines is 1. The van der Waals surface area contributed by atoms with Gasteiger partial charge in [-0.2, -0.15) is 0 Å². The lowest BCUT2D eigenvalue weighted by Gasteiger charge is -2.18. The van der Waals surface area contributed by atoms with Crippen LogP contribution in [-0.4, -0.2) is 59.8 Å². The second kappa shape index (κ2) is 12.2. The van der Waals surface area contributed by atoms with Crippen molar-refractivity contribution in [2.75, 3.05) is 38.5 Å². The molecule has 1 aromatic heterocycles. The van der Waals surface area contributed by atoms with Gasteiger partial charge in [-0.05, 0) is 67.9 Å². The summed E-state index contributed by atoms with van der Waals surface area (Å²) in [6, 6.07) is 16.3. The first-order valence-electron chi connectivity index (χ1n) is 14.1. The SMILES string of the molecule is CCN(CC)CCNC(=O)c1c(C)[nH]c(/C=C2\C(=O)Nc3ccc(C4=CS/C(=C\c5ccccc5)N4C)cc32)c1C. The number of carbonyl (C=O) groups excluding carboxylic acids is 2. The smallest absolute Gasteiger partial charge is 0.256 e. The van der Waals surface area contributed by atoms with E-state index in [0.717, 1.165) is 69.7 Å². The maximum absolute atomic E-state index is 13.1. The fourth-order valence-electron chi connectivity index (χ4n) is 5.33. The summed E-state index contributed by atoms with van der Waals surface area (Å²) in [5.74, 6) is -0.249. The van der Waals surface area contributed by atoms with Gasteiger partial charge < -0.3 is 25.4 Å². The van der Waals surface area contributed by atoms with Crippen molar-refractivity contribution >= 4 is 52.7 Å². The third-order valence-corrected chi connectivity index (χ3v) is 8.75. The highest BCUT2D eigenvalue weighted by Gasteiger charge is 2.28. The molecule has 0 spiro atoms. The van der Waals surface area contributed by atoms with Crippen LogP contribution < -0.4 is 10.6 Å². The molecule has 2 aromatic carbocycles. The van der Waals surface area contributed by atoms with E-state index >= 15 is 0 Å². The highest BCUT2D eigenvalue weighted by molar-refractivity contribution is 8.06. The van der Waals surface area contributed by atoms with E-state index in [9.17, 15) is 9.59 Å². The van der Waals surface area contributed by atoms with E-state index < -0.39 is 0 Å². The van der Waals surface area contributed by atoms with Gasteiger partial charge in [-0.15, -0.1) is 0 Å². The standard InChI is InChI=1S/C33H37N5O2S/c1-6-38(7-2)16-15-34-33(40)31-21(3)28(35-22(31)4)19-26-25-18-24(13-14-27(25)36-32(26)39)29-20-41-30(37(29)5)17-23-11-9-8-10-12-23/h8-14,17-20,35H,6-7,15-16H2,1-5H3,(H,34,40)(H,36,39)/b26-19-,30-17-. The van der Waals surface area contributed by atoms with Crippen molar-refractivity contribution in [3.63, 3.8) is 0 Å². The van der Waals surface area contributed by atoms with Crippen molar-refractivity contribution in [3.8, 4) is 0 Å². The molecular weight excluding hydrogens is 530 g/mol. The number of thioether (sulfide) groups is 1. The van der Waals surface area contributed by atoms with Crippen LogP contribution in [0.15, 0.2) is 59.0 Å². The van der Waals surface area contributed by atoms with Crippen LogP contribution in [-0.2, 0) is 4.79 Å². The molecule has 0 saturated carbocycles. The van der Waals surface area contributed by atoms with Gasteiger partial charge in [-0.25, -0.2) is 0 Å². The van der Waals surface area contributed by atoms with Crippen LogP contribution in [0, 0.1) is 13.8 Å². The monoisotopic (exact) mass is 567 g/mol. The molecule has 41 heavy (non-hydrogen) atoms. The van der Waals surface area contributed by atoms with Gasteiger partial charge in [0, 0.05) is 48.2 Å². The van der Waals surface area contributed by atoms with E-state index in [-0.39, 0.29) is 11.8 Å². The first kappa shape index (κ1) is 28.5. The molecule has 2 aliphatic rings. The molecule has 7 nitrogen and oxygen atoms in total. The Bertz CT molecular complexity index is 1560. The lowest BCUT2D eigenvalue weighted by molar-refractivity contribution is -0.110. The molecule has 0 atom stereocenters. The van der Waals surface area contributed by atoms with E-state index in [0.29, 0.717) is 17.7 Å². The van der Waals surface area contributed by atoms with Crippen molar-refractivity contribution < 1.29 is 9.59 Å². The second-order valence-electron chi connectivity index (χ2n) is 10.3. The molecule has 0 unspecified atom stereocenters. The normalized spacial score (nSPS) is 16.5. The molecule has 2 amide bonds. The summed E-state index contributed by atoms with van der Waals surface area (Å²) < 4.78 is 0.